The minimum Gasteiger partial charge on any atom is -0.158 e. The minimum absolute atomic E-state index is 0.507. The highest BCUT2D eigenvalue weighted by molar-refractivity contribution is 6.39. The lowest BCUT2D eigenvalue weighted by atomic mass is 10.2. The predicted octanol–water partition coefficient (Wildman–Crippen LogP) is 5.75. The first-order valence-electron chi connectivity index (χ1n) is 5.54. The van der Waals surface area contributed by atoms with E-state index in [1.807, 2.05) is 0 Å². The first kappa shape index (κ1) is 15.3. The van der Waals surface area contributed by atoms with Crippen molar-refractivity contribution >= 4 is 58.8 Å². The van der Waals surface area contributed by atoms with Crippen molar-refractivity contribution in [2.24, 2.45) is 10.2 Å². The highest BCUT2D eigenvalue weighted by atomic mass is 35.5. The fourth-order valence-corrected chi connectivity index (χ4v) is 2.44. The number of hydrogen-bond acceptors (Lipinski definition) is 2. The lowest BCUT2D eigenvalue weighted by molar-refractivity contribution is 1.26. The van der Waals surface area contributed by atoms with Gasteiger partial charge in [-0.2, -0.15) is 10.2 Å². The fraction of sp³-hybridized carbons (Fsp3) is 0. The third kappa shape index (κ3) is 3.74. The number of rotatable bonds is 3. The zero-order chi connectivity index (χ0) is 14.5. The summed E-state index contributed by atoms with van der Waals surface area (Å²) in [5.74, 6) is 0. The van der Waals surface area contributed by atoms with Crippen molar-refractivity contribution in [3.8, 4) is 0 Å². The Hall–Kier alpha value is -1.06. The lowest BCUT2D eigenvalue weighted by Gasteiger charge is -1.99. The molecule has 20 heavy (non-hydrogen) atoms. The van der Waals surface area contributed by atoms with Crippen LogP contribution in [0.15, 0.2) is 46.6 Å². The Labute approximate surface area is 136 Å². The molecule has 0 heterocycles. The van der Waals surface area contributed by atoms with Crippen molar-refractivity contribution in [1.29, 1.82) is 0 Å². The van der Waals surface area contributed by atoms with Crippen LogP contribution in [0.2, 0.25) is 20.1 Å². The van der Waals surface area contributed by atoms with Gasteiger partial charge in [-0.25, -0.2) is 0 Å². The number of halogens is 4. The molecule has 102 valence electrons. The van der Waals surface area contributed by atoms with Crippen molar-refractivity contribution in [3.05, 3.63) is 67.6 Å². The molecule has 6 heteroatoms. The van der Waals surface area contributed by atoms with Crippen LogP contribution in [0.4, 0.5) is 0 Å². The molecule has 2 rings (SSSR count). The standard InChI is InChI=1S/C14H8Cl4N2/c15-11-3-1-4-12(16)9(11)7-19-20-8-10-13(17)5-2-6-14(10)18/h1-8H. The molecule has 0 spiro atoms. The summed E-state index contributed by atoms with van der Waals surface area (Å²) in [5.41, 5.74) is 1.22. The maximum atomic E-state index is 6.01. The fourth-order valence-electron chi connectivity index (χ4n) is 1.45. The first-order chi connectivity index (χ1) is 9.59. The van der Waals surface area contributed by atoms with Gasteiger partial charge in [-0.3, -0.25) is 0 Å². The van der Waals surface area contributed by atoms with Crippen molar-refractivity contribution in [2.45, 2.75) is 0 Å². The second-order valence-corrected chi connectivity index (χ2v) is 5.39. The smallest absolute Gasteiger partial charge is 0.0598 e. The third-order valence-corrected chi connectivity index (χ3v) is 3.76. The average Bonchev–Trinajstić information content (AvgIpc) is 2.40. The predicted molar refractivity (Wildman–Crippen MR) is 88.1 cm³/mol. The van der Waals surface area contributed by atoms with Gasteiger partial charge in [0.05, 0.1) is 32.5 Å². The van der Waals surface area contributed by atoms with E-state index in [-0.39, 0.29) is 0 Å². The summed E-state index contributed by atoms with van der Waals surface area (Å²) in [5, 5.41) is 9.82. The molecule has 0 N–H and O–H groups in total. The molecule has 0 radical (unpaired) electrons. The van der Waals surface area contributed by atoms with E-state index in [0.29, 0.717) is 31.2 Å². The molecule has 0 saturated carbocycles. The minimum atomic E-state index is 0.507. The van der Waals surface area contributed by atoms with Gasteiger partial charge in [0.1, 0.15) is 0 Å². The van der Waals surface area contributed by atoms with Crippen LogP contribution >= 0.6 is 46.4 Å². The highest BCUT2D eigenvalue weighted by Gasteiger charge is 2.02. The third-order valence-electron chi connectivity index (χ3n) is 2.44. The second-order valence-electron chi connectivity index (χ2n) is 3.76. The Balaban J connectivity index is 2.20. The molecular weight excluding hydrogens is 338 g/mol. The van der Waals surface area contributed by atoms with Crippen LogP contribution in [0.3, 0.4) is 0 Å². The van der Waals surface area contributed by atoms with Gasteiger partial charge in [-0.15, -0.1) is 0 Å². The van der Waals surface area contributed by atoms with Gasteiger partial charge in [0.2, 0.25) is 0 Å². The summed E-state index contributed by atoms with van der Waals surface area (Å²) in [6.07, 6.45) is 2.96. The van der Waals surface area contributed by atoms with E-state index in [1.165, 1.54) is 12.4 Å². The lowest BCUT2D eigenvalue weighted by Crippen LogP contribution is -1.86. The summed E-state index contributed by atoms with van der Waals surface area (Å²) in [6, 6.07) is 10.4. The van der Waals surface area contributed by atoms with Gasteiger partial charge in [-0.05, 0) is 24.3 Å². The van der Waals surface area contributed by atoms with Crippen molar-refractivity contribution < 1.29 is 0 Å². The topological polar surface area (TPSA) is 24.7 Å². The van der Waals surface area contributed by atoms with Crippen LogP contribution in [0.1, 0.15) is 11.1 Å². The molecule has 0 aliphatic rings. The van der Waals surface area contributed by atoms with Crippen molar-refractivity contribution in [3.63, 3.8) is 0 Å². The largest absolute Gasteiger partial charge is 0.158 e. The summed E-state index contributed by atoms with van der Waals surface area (Å²) in [7, 11) is 0. The maximum Gasteiger partial charge on any atom is 0.0598 e. The van der Waals surface area contributed by atoms with Gasteiger partial charge in [0, 0.05) is 11.1 Å². The van der Waals surface area contributed by atoms with Gasteiger partial charge in [0.15, 0.2) is 0 Å². The van der Waals surface area contributed by atoms with Crippen LogP contribution in [-0.4, -0.2) is 12.4 Å². The van der Waals surface area contributed by atoms with E-state index < -0.39 is 0 Å². The molecule has 0 aliphatic heterocycles. The average molecular weight is 346 g/mol. The van der Waals surface area contributed by atoms with Crippen LogP contribution in [-0.2, 0) is 0 Å². The molecule has 2 aromatic carbocycles. The summed E-state index contributed by atoms with van der Waals surface area (Å²) in [4.78, 5) is 0. The first-order valence-corrected chi connectivity index (χ1v) is 7.05. The summed E-state index contributed by atoms with van der Waals surface area (Å²) >= 11 is 24.0. The molecule has 2 nitrogen and oxygen atoms in total. The highest BCUT2D eigenvalue weighted by Crippen LogP contribution is 2.23. The Morgan fingerprint density at radius 2 is 0.900 bits per heavy atom. The normalized spacial score (nSPS) is 11.6. The maximum absolute atomic E-state index is 6.01. The van der Waals surface area contributed by atoms with Crippen molar-refractivity contribution in [1.82, 2.24) is 0 Å². The molecule has 0 atom stereocenters. The number of nitrogens with zero attached hydrogens (tertiary/aromatic N) is 2. The van der Waals surface area contributed by atoms with E-state index in [2.05, 4.69) is 10.2 Å². The molecule has 0 aromatic heterocycles. The Morgan fingerprint density at radius 3 is 1.20 bits per heavy atom. The van der Waals surface area contributed by atoms with Crippen LogP contribution < -0.4 is 0 Å². The monoisotopic (exact) mass is 344 g/mol. The van der Waals surface area contributed by atoms with Gasteiger partial charge in [0.25, 0.3) is 0 Å². The molecular formula is C14H8Cl4N2. The Bertz CT molecular complexity index is 581. The van der Waals surface area contributed by atoms with Crippen LogP contribution in [0, 0.1) is 0 Å². The Kier molecular flexibility index (Phi) is 5.44. The molecule has 0 unspecified atom stereocenters. The molecule has 0 saturated heterocycles. The van der Waals surface area contributed by atoms with E-state index in [0.717, 1.165) is 0 Å². The van der Waals surface area contributed by atoms with E-state index in [4.69, 9.17) is 46.4 Å². The van der Waals surface area contributed by atoms with E-state index in [1.54, 1.807) is 36.4 Å². The van der Waals surface area contributed by atoms with E-state index >= 15 is 0 Å². The second kappa shape index (κ2) is 7.09. The quantitative estimate of drug-likeness (QED) is 0.499. The molecule has 2 aromatic rings. The van der Waals surface area contributed by atoms with Gasteiger partial charge < -0.3 is 0 Å². The molecule has 0 amide bonds. The molecule has 0 aliphatic carbocycles. The summed E-state index contributed by atoms with van der Waals surface area (Å²) in [6.45, 7) is 0. The zero-order valence-electron chi connectivity index (χ0n) is 10.0. The van der Waals surface area contributed by atoms with Gasteiger partial charge in [-0.1, -0.05) is 58.5 Å². The summed E-state index contributed by atoms with van der Waals surface area (Å²) < 4.78 is 0. The van der Waals surface area contributed by atoms with E-state index in [9.17, 15) is 0 Å². The molecule has 0 fully saturated rings. The van der Waals surface area contributed by atoms with Crippen molar-refractivity contribution in [2.75, 3.05) is 0 Å². The SMILES string of the molecule is Clc1cccc(Cl)c1C=NN=Cc1c(Cl)cccc1Cl. The zero-order valence-corrected chi connectivity index (χ0v) is 13.0. The Morgan fingerprint density at radius 1 is 0.600 bits per heavy atom. The number of benzene rings is 2. The van der Waals surface area contributed by atoms with Gasteiger partial charge >= 0.3 is 0 Å². The van der Waals surface area contributed by atoms with Crippen LogP contribution in [0.25, 0.3) is 0 Å². The number of hydrogen-bond donors (Lipinski definition) is 0. The molecule has 0 bridgehead atoms. The van der Waals surface area contributed by atoms with Crippen LogP contribution in [0.5, 0.6) is 0 Å².